The van der Waals surface area contributed by atoms with Crippen molar-refractivity contribution in [2.24, 2.45) is 0 Å². The van der Waals surface area contributed by atoms with Gasteiger partial charge in [0.15, 0.2) is 0 Å². The third kappa shape index (κ3) is 5.39. The van der Waals surface area contributed by atoms with Crippen LogP contribution >= 0.6 is 0 Å². The number of aliphatic hydroxyl groups is 1. The number of methoxy groups -OCH3 is 1. The van der Waals surface area contributed by atoms with E-state index in [1.54, 1.807) is 57.1 Å². The van der Waals surface area contributed by atoms with Crippen molar-refractivity contribution in [1.82, 2.24) is 39.9 Å². The molecule has 0 saturated heterocycles. The maximum absolute atomic E-state index is 11.7. The van der Waals surface area contributed by atoms with Crippen molar-refractivity contribution in [1.29, 1.82) is 0 Å². The first-order valence-corrected chi connectivity index (χ1v) is 14.5. The molecule has 8 heterocycles. The fourth-order valence-corrected chi connectivity index (χ4v) is 5.26. The number of rotatable bonds is 4. The van der Waals surface area contributed by atoms with Crippen molar-refractivity contribution in [3.63, 3.8) is 0 Å². The standard InChI is InChI=1S/C18H16N4O.C17H12N4O2/c1-18(2,23)12-6-14-13-7-15(11-4-3-5-19-8-11)20-10-16(13)22-17(14)21-9-12;1-23-17(22)11-5-13-12-6-14(10-3-2-4-18-7-10)19-9-15(12)21-16(13)20-8-11/h3-10,23H,1-2H3,(H,21,22);2-9H,1H3,(H,20,21). The van der Waals surface area contributed by atoms with Gasteiger partial charge in [0.1, 0.15) is 11.3 Å². The Morgan fingerprint density at radius 3 is 1.74 bits per heavy atom. The average molecular weight is 609 g/mol. The molecule has 8 aromatic heterocycles. The Morgan fingerprint density at radius 1 is 0.696 bits per heavy atom. The molecule has 0 aliphatic heterocycles. The third-order valence-electron chi connectivity index (χ3n) is 7.71. The van der Waals surface area contributed by atoms with Crippen molar-refractivity contribution in [2.45, 2.75) is 19.4 Å². The number of ether oxygens (including phenoxy) is 1. The SMILES string of the molecule is CC(C)(O)c1cnc2[nH]c3cnc(-c4cccnc4)cc3c2c1.COC(=O)c1cnc2[nH]c3cnc(-c4cccnc4)cc3c2c1. The minimum Gasteiger partial charge on any atom is -0.465 e. The quantitative estimate of drug-likeness (QED) is 0.194. The second-order valence-electron chi connectivity index (χ2n) is 11.3. The van der Waals surface area contributed by atoms with Gasteiger partial charge in [-0.2, -0.15) is 0 Å². The van der Waals surface area contributed by atoms with Crippen LogP contribution in [0.15, 0.2) is 98.1 Å². The summed E-state index contributed by atoms with van der Waals surface area (Å²) < 4.78 is 4.76. The highest BCUT2D eigenvalue weighted by atomic mass is 16.5. The minimum absolute atomic E-state index is 0.407. The normalized spacial score (nSPS) is 11.6. The van der Waals surface area contributed by atoms with Crippen molar-refractivity contribution >= 4 is 49.8 Å². The van der Waals surface area contributed by atoms with Gasteiger partial charge in [0.25, 0.3) is 0 Å². The fourth-order valence-electron chi connectivity index (χ4n) is 5.26. The summed E-state index contributed by atoms with van der Waals surface area (Å²) in [7, 11) is 1.35. The van der Waals surface area contributed by atoms with Gasteiger partial charge in [-0.3, -0.25) is 19.9 Å². The molecule has 0 aliphatic carbocycles. The number of aromatic amines is 2. The number of carbonyl (C=O) groups excluding carboxylic acids is 1. The van der Waals surface area contributed by atoms with Gasteiger partial charge < -0.3 is 19.8 Å². The number of pyridine rings is 6. The summed E-state index contributed by atoms with van der Waals surface area (Å²) in [5.41, 5.74) is 7.13. The summed E-state index contributed by atoms with van der Waals surface area (Å²) in [6.07, 6.45) is 13.8. The summed E-state index contributed by atoms with van der Waals surface area (Å²) >= 11 is 0. The molecule has 8 aromatic rings. The number of nitrogens with zero attached hydrogens (tertiary/aromatic N) is 6. The lowest BCUT2D eigenvalue weighted by atomic mass is 9.99. The Hall–Kier alpha value is -6.07. The molecule has 0 spiro atoms. The molecule has 8 rings (SSSR count). The first kappa shape index (κ1) is 28.7. The van der Waals surface area contributed by atoms with E-state index in [0.717, 1.165) is 66.3 Å². The van der Waals surface area contributed by atoms with Gasteiger partial charge in [0, 0.05) is 75.4 Å². The summed E-state index contributed by atoms with van der Waals surface area (Å²) in [6.45, 7) is 3.51. The van der Waals surface area contributed by atoms with Crippen LogP contribution in [0, 0.1) is 0 Å². The summed E-state index contributed by atoms with van der Waals surface area (Å²) in [6, 6.07) is 15.4. The van der Waals surface area contributed by atoms with E-state index < -0.39 is 11.6 Å². The molecule has 46 heavy (non-hydrogen) atoms. The van der Waals surface area contributed by atoms with Crippen LogP contribution < -0.4 is 0 Å². The Kier molecular flexibility index (Phi) is 7.14. The molecular formula is C35H28N8O3. The average Bonchev–Trinajstić information content (AvgIpc) is 3.65. The number of hydrogen-bond acceptors (Lipinski definition) is 9. The smallest absolute Gasteiger partial charge is 0.339 e. The van der Waals surface area contributed by atoms with Crippen LogP contribution in [0.5, 0.6) is 0 Å². The Morgan fingerprint density at radius 2 is 1.24 bits per heavy atom. The Labute approximate surface area is 262 Å². The van der Waals surface area contributed by atoms with Crippen LogP contribution in [0.4, 0.5) is 0 Å². The summed E-state index contributed by atoms with van der Waals surface area (Å²) in [5, 5.41) is 14.0. The number of H-pyrrole nitrogens is 2. The molecule has 11 nitrogen and oxygen atoms in total. The maximum atomic E-state index is 11.7. The van der Waals surface area contributed by atoms with Crippen LogP contribution in [-0.4, -0.2) is 58.1 Å². The zero-order chi connectivity index (χ0) is 31.8. The van der Waals surface area contributed by atoms with E-state index in [0.29, 0.717) is 11.2 Å². The molecule has 226 valence electrons. The largest absolute Gasteiger partial charge is 0.465 e. The second-order valence-corrected chi connectivity index (χ2v) is 11.3. The van der Waals surface area contributed by atoms with E-state index in [-0.39, 0.29) is 0 Å². The monoisotopic (exact) mass is 608 g/mol. The second kappa shape index (κ2) is 11.5. The third-order valence-corrected chi connectivity index (χ3v) is 7.71. The van der Waals surface area contributed by atoms with Gasteiger partial charge in [0.2, 0.25) is 0 Å². The zero-order valence-electron chi connectivity index (χ0n) is 25.2. The van der Waals surface area contributed by atoms with E-state index in [1.165, 1.54) is 13.3 Å². The maximum Gasteiger partial charge on any atom is 0.339 e. The van der Waals surface area contributed by atoms with E-state index >= 15 is 0 Å². The minimum atomic E-state index is -0.927. The summed E-state index contributed by atoms with van der Waals surface area (Å²) in [5.74, 6) is -0.407. The van der Waals surface area contributed by atoms with E-state index in [1.807, 2.05) is 48.7 Å². The zero-order valence-corrected chi connectivity index (χ0v) is 25.2. The topological polar surface area (TPSA) is 155 Å². The highest BCUT2D eigenvalue weighted by Crippen LogP contribution is 2.31. The highest BCUT2D eigenvalue weighted by molar-refractivity contribution is 6.09. The predicted molar refractivity (Wildman–Crippen MR) is 176 cm³/mol. The Balaban J connectivity index is 0.000000147. The molecule has 0 radical (unpaired) electrons. The Bertz CT molecular complexity index is 2360. The number of nitrogens with one attached hydrogen (secondary N) is 2. The lowest BCUT2D eigenvalue weighted by Crippen LogP contribution is -2.15. The van der Waals surface area contributed by atoms with E-state index in [9.17, 15) is 9.90 Å². The molecular weight excluding hydrogens is 580 g/mol. The lowest BCUT2D eigenvalue weighted by Gasteiger charge is -2.16. The van der Waals surface area contributed by atoms with Crippen LogP contribution in [0.25, 0.3) is 66.4 Å². The number of esters is 1. The van der Waals surface area contributed by atoms with Gasteiger partial charge in [-0.25, -0.2) is 14.8 Å². The molecule has 0 aliphatic rings. The van der Waals surface area contributed by atoms with Crippen molar-refractivity contribution in [3.8, 4) is 22.5 Å². The van der Waals surface area contributed by atoms with Gasteiger partial charge in [-0.05, 0) is 62.4 Å². The first-order valence-electron chi connectivity index (χ1n) is 14.5. The van der Waals surface area contributed by atoms with E-state index in [4.69, 9.17) is 4.74 Å². The van der Waals surface area contributed by atoms with E-state index in [2.05, 4.69) is 39.9 Å². The van der Waals surface area contributed by atoms with Gasteiger partial charge in [-0.1, -0.05) is 0 Å². The number of aromatic nitrogens is 8. The molecule has 3 N–H and O–H groups in total. The molecule has 0 atom stereocenters. The molecule has 0 aromatic carbocycles. The highest BCUT2D eigenvalue weighted by Gasteiger charge is 2.18. The van der Waals surface area contributed by atoms with Crippen LogP contribution in [0.1, 0.15) is 29.8 Å². The summed E-state index contributed by atoms with van der Waals surface area (Å²) in [4.78, 5) is 44.1. The van der Waals surface area contributed by atoms with Crippen molar-refractivity contribution in [3.05, 3.63) is 109 Å². The molecule has 11 heteroatoms. The van der Waals surface area contributed by atoms with Gasteiger partial charge in [0.05, 0.1) is 53.1 Å². The van der Waals surface area contributed by atoms with Crippen molar-refractivity contribution < 1.29 is 14.6 Å². The fraction of sp³-hybridized carbons (Fsp3) is 0.114. The lowest BCUT2D eigenvalue weighted by molar-refractivity contribution is 0.0600. The molecule has 0 unspecified atom stereocenters. The first-order chi connectivity index (χ1) is 22.3. The number of carbonyl (C=O) groups is 1. The van der Waals surface area contributed by atoms with Crippen LogP contribution in [0.2, 0.25) is 0 Å². The predicted octanol–water partition coefficient (Wildman–Crippen LogP) is 6.36. The number of fused-ring (bicyclic) bond motifs is 6. The van der Waals surface area contributed by atoms with Gasteiger partial charge in [-0.15, -0.1) is 0 Å². The molecule has 0 fully saturated rings. The van der Waals surface area contributed by atoms with Crippen molar-refractivity contribution in [2.75, 3.05) is 7.11 Å². The van der Waals surface area contributed by atoms with Crippen LogP contribution in [-0.2, 0) is 10.3 Å². The van der Waals surface area contributed by atoms with Crippen LogP contribution in [0.3, 0.4) is 0 Å². The number of hydrogen-bond donors (Lipinski definition) is 3. The molecule has 0 amide bonds. The molecule has 0 bridgehead atoms. The van der Waals surface area contributed by atoms with Gasteiger partial charge >= 0.3 is 5.97 Å². The molecule has 0 saturated carbocycles.